The van der Waals surface area contributed by atoms with Gasteiger partial charge in [0.05, 0.1) is 20.3 Å². The van der Waals surface area contributed by atoms with Gasteiger partial charge in [-0.25, -0.2) is 0 Å². The summed E-state index contributed by atoms with van der Waals surface area (Å²) in [6.07, 6.45) is 0.753. The summed E-state index contributed by atoms with van der Waals surface area (Å²) >= 11 is 0. The summed E-state index contributed by atoms with van der Waals surface area (Å²) < 4.78 is 16.5. The van der Waals surface area contributed by atoms with Crippen LogP contribution in [0.5, 0.6) is 17.2 Å². The molecule has 1 atom stereocenters. The molecule has 0 radical (unpaired) electrons. The normalized spacial score (nSPS) is 11.8. The Kier molecular flexibility index (Phi) is 7.73. The van der Waals surface area contributed by atoms with Crippen LogP contribution < -0.4 is 19.5 Å². The number of benzene rings is 2. The van der Waals surface area contributed by atoms with Crippen LogP contribution in [0.3, 0.4) is 0 Å². The molecule has 152 valence electrons. The molecular formula is C23H31NO4. The van der Waals surface area contributed by atoms with E-state index in [1.165, 1.54) is 0 Å². The predicted molar refractivity (Wildman–Crippen MR) is 111 cm³/mol. The Bertz CT molecular complexity index is 801. The summed E-state index contributed by atoms with van der Waals surface area (Å²) in [5.74, 6) is 2.25. The van der Waals surface area contributed by atoms with Gasteiger partial charge in [0.25, 0.3) is 5.91 Å². The van der Waals surface area contributed by atoms with Crippen LogP contribution in [0.2, 0.25) is 0 Å². The van der Waals surface area contributed by atoms with E-state index >= 15 is 0 Å². The topological polar surface area (TPSA) is 56.8 Å². The Hall–Kier alpha value is -2.69. The quantitative estimate of drug-likeness (QED) is 0.675. The Morgan fingerprint density at radius 2 is 1.71 bits per heavy atom. The van der Waals surface area contributed by atoms with Gasteiger partial charge in [0.15, 0.2) is 18.1 Å². The largest absolute Gasteiger partial charge is 0.493 e. The van der Waals surface area contributed by atoms with Gasteiger partial charge in [-0.15, -0.1) is 0 Å². The van der Waals surface area contributed by atoms with Crippen LogP contribution in [0.15, 0.2) is 36.4 Å². The smallest absolute Gasteiger partial charge is 0.258 e. The van der Waals surface area contributed by atoms with Crippen LogP contribution in [0, 0.1) is 6.92 Å². The van der Waals surface area contributed by atoms with E-state index in [2.05, 4.69) is 31.3 Å². The molecule has 0 aliphatic heterocycles. The molecule has 1 N–H and O–H groups in total. The third kappa shape index (κ3) is 5.41. The number of methoxy groups -OCH3 is 2. The molecule has 5 nitrogen and oxygen atoms in total. The predicted octanol–water partition coefficient (Wildman–Crippen LogP) is 4.78. The number of ether oxygens (including phenoxy) is 3. The van der Waals surface area contributed by atoms with E-state index in [0.717, 1.165) is 28.9 Å². The SMILES string of the molecule is CC[C@H](NC(=O)COc1cc(C)ccc1C(C)C)c1ccc(OC)c(OC)c1. The van der Waals surface area contributed by atoms with Gasteiger partial charge in [-0.1, -0.05) is 39.0 Å². The van der Waals surface area contributed by atoms with E-state index in [1.807, 2.05) is 38.1 Å². The van der Waals surface area contributed by atoms with Gasteiger partial charge in [-0.3, -0.25) is 4.79 Å². The van der Waals surface area contributed by atoms with Gasteiger partial charge in [0, 0.05) is 0 Å². The van der Waals surface area contributed by atoms with Gasteiger partial charge < -0.3 is 19.5 Å². The van der Waals surface area contributed by atoms with E-state index in [-0.39, 0.29) is 18.6 Å². The molecule has 0 aliphatic rings. The standard InChI is InChI=1S/C23H31NO4/c1-7-19(17-9-11-20(26-5)22(13-17)27-6)24-23(25)14-28-21-12-16(4)8-10-18(21)15(2)3/h8-13,15,19H,7,14H2,1-6H3,(H,24,25)/t19-/m0/s1. The lowest BCUT2D eigenvalue weighted by molar-refractivity contribution is -0.123. The third-order valence-electron chi connectivity index (χ3n) is 4.70. The average Bonchev–Trinajstić information content (AvgIpc) is 2.69. The van der Waals surface area contributed by atoms with Crippen molar-refractivity contribution >= 4 is 5.91 Å². The zero-order valence-corrected chi connectivity index (χ0v) is 17.7. The summed E-state index contributed by atoms with van der Waals surface area (Å²) in [7, 11) is 3.20. The fraction of sp³-hybridized carbons (Fsp3) is 0.435. The molecule has 2 aromatic rings. The summed E-state index contributed by atoms with van der Waals surface area (Å²) in [6.45, 7) is 8.25. The maximum Gasteiger partial charge on any atom is 0.258 e. The second kappa shape index (κ2) is 10.0. The molecule has 0 saturated carbocycles. The highest BCUT2D eigenvalue weighted by Crippen LogP contribution is 2.31. The lowest BCUT2D eigenvalue weighted by Gasteiger charge is -2.20. The van der Waals surface area contributed by atoms with E-state index < -0.39 is 0 Å². The van der Waals surface area contributed by atoms with E-state index in [1.54, 1.807) is 14.2 Å². The zero-order chi connectivity index (χ0) is 20.7. The summed E-state index contributed by atoms with van der Waals surface area (Å²) in [5, 5.41) is 3.05. The number of amides is 1. The number of rotatable bonds is 9. The number of hydrogen-bond donors (Lipinski definition) is 1. The van der Waals surface area contributed by atoms with Gasteiger partial charge in [-0.05, 0) is 54.2 Å². The maximum absolute atomic E-state index is 12.5. The highest BCUT2D eigenvalue weighted by atomic mass is 16.5. The molecule has 2 aromatic carbocycles. The molecule has 0 fully saturated rings. The second-order valence-corrected chi connectivity index (χ2v) is 7.13. The zero-order valence-electron chi connectivity index (χ0n) is 17.7. The minimum Gasteiger partial charge on any atom is -0.493 e. The first-order valence-corrected chi connectivity index (χ1v) is 9.64. The highest BCUT2D eigenvalue weighted by Gasteiger charge is 2.16. The molecule has 28 heavy (non-hydrogen) atoms. The molecule has 0 aromatic heterocycles. The molecule has 1 amide bonds. The summed E-state index contributed by atoms with van der Waals surface area (Å²) in [4.78, 5) is 12.5. The molecule has 2 rings (SSSR count). The van der Waals surface area contributed by atoms with Gasteiger partial charge >= 0.3 is 0 Å². The highest BCUT2D eigenvalue weighted by molar-refractivity contribution is 5.78. The first kappa shape index (κ1) is 21.6. The van der Waals surface area contributed by atoms with Crippen LogP contribution in [0.4, 0.5) is 0 Å². The Morgan fingerprint density at radius 3 is 2.32 bits per heavy atom. The Balaban J connectivity index is 2.06. The minimum absolute atomic E-state index is 0.0209. The first-order chi connectivity index (χ1) is 13.4. The molecule has 0 saturated heterocycles. The fourth-order valence-corrected chi connectivity index (χ4v) is 3.11. The lowest BCUT2D eigenvalue weighted by Crippen LogP contribution is -2.32. The van der Waals surface area contributed by atoms with Crippen molar-refractivity contribution in [2.24, 2.45) is 0 Å². The van der Waals surface area contributed by atoms with Crippen molar-refractivity contribution in [1.29, 1.82) is 0 Å². The second-order valence-electron chi connectivity index (χ2n) is 7.13. The van der Waals surface area contributed by atoms with Crippen LogP contribution in [-0.2, 0) is 4.79 Å². The molecule has 0 heterocycles. The maximum atomic E-state index is 12.5. The number of aryl methyl sites for hydroxylation is 1. The Labute approximate surface area is 168 Å². The van der Waals surface area contributed by atoms with E-state index in [0.29, 0.717) is 17.4 Å². The monoisotopic (exact) mass is 385 g/mol. The van der Waals surface area contributed by atoms with Crippen molar-refractivity contribution in [2.75, 3.05) is 20.8 Å². The van der Waals surface area contributed by atoms with Crippen LogP contribution in [-0.4, -0.2) is 26.7 Å². The van der Waals surface area contributed by atoms with Crippen molar-refractivity contribution < 1.29 is 19.0 Å². The van der Waals surface area contributed by atoms with Crippen molar-refractivity contribution in [1.82, 2.24) is 5.32 Å². The number of nitrogens with one attached hydrogen (secondary N) is 1. The molecule has 0 aliphatic carbocycles. The molecule has 0 unspecified atom stereocenters. The fourth-order valence-electron chi connectivity index (χ4n) is 3.11. The average molecular weight is 386 g/mol. The minimum atomic E-state index is -0.155. The number of carbonyl (C=O) groups excluding carboxylic acids is 1. The summed E-state index contributed by atoms with van der Waals surface area (Å²) in [5.41, 5.74) is 3.17. The van der Waals surface area contributed by atoms with Crippen molar-refractivity contribution in [3.05, 3.63) is 53.1 Å². The van der Waals surface area contributed by atoms with Gasteiger partial charge in [0.1, 0.15) is 5.75 Å². The molecule has 0 spiro atoms. The van der Waals surface area contributed by atoms with Crippen LogP contribution >= 0.6 is 0 Å². The first-order valence-electron chi connectivity index (χ1n) is 9.64. The van der Waals surface area contributed by atoms with Gasteiger partial charge in [0.2, 0.25) is 0 Å². The molecule has 5 heteroatoms. The van der Waals surface area contributed by atoms with E-state index in [9.17, 15) is 4.79 Å². The molecular weight excluding hydrogens is 354 g/mol. The van der Waals surface area contributed by atoms with Gasteiger partial charge in [-0.2, -0.15) is 0 Å². The lowest BCUT2D eigenvalue weighted by atomic mass is 10.0. The van der Waals surface area contributed by atoms with Crippen molar-refractivity contribution in [2.45, 2.75) is 46.1 Å². The van der Waals surface area contributed by atoms with Crippen molar-refractivity contribution in [3.63, 3.8) is 0 Å². The Morgan fingerprint density at radius 1 is 1.00 bits per heavy atom. The van der Waals surface area contributed by atoms with E-state index in [4.69, 9.17) is 14.2 Å². The molecule has 0 bridgehead atoms. The van der Waals surface area contributed by atoms with Crippen LogP contribution in [0.25, 0.3) is 0 Å². The third-order valence-corrected chi connectivity index (χ3v) is 4.70. The summed E-state index contributed by atoms with van der Waals surface area (Å²) in [6, 6.07) is 11.7. The number of hydrogen-bond acceptors (Lipinski definition) is 4. The van der Waals surface area contributed by atoms with Crippen molar-refractivity contribution in [3.8, 4) is 17.2 Å². The number of carbonyl (C=O) groups is 1. The van der Waals surface area contributed by atoms with Crippen LogP contribution in [0.1, 0.15) is 55.8 Å².